The summed E-state index contributed by atoms with van der Waals surface area (Å²) in [5, 5.41) is 12.2. The molecule has 18 heavy (non-hydrogen) atoms. The zero-order chi connectivity index (χ0) is 13.1. The maximum Gasteiger partial charge on any atom is 0.259 e. The Morgan fingerprint density at radius 2 is 2.17 bits per heavy atom. The van der Waals surface area contributed by atoms with Crippen molar-refractivity contribution in [2.24, 2.45) is 0 Å². The van der Waals surface area contributed by atoms with Crippen LogP contribution in [0.1, 0.15) is 15.9 Å². The van der Waals surface area contributed by atoms with Crippen molar-refractivity contribution in [3.8, 4) is 5.75 Å². The van der Waals surface area contributed by atoms with E-state index in [4.69, 9.17) is 5.73 Å². The molecule has 0 unspecified atom stereocenters. The van der Waals surface area contributed by atoms with Crippen molar-refractivity contribution in [1.29, 1.82) is 0 Å². The van der Waals surface area contributed by atoms with E-state index in [1.165, 1.54) is 18.5 Å². The highest BCUT2D eigenvalue weighted by atomic mass is 16.3. The molecule has 0 aliphatic carbocycles. The number of nitrogen functional groups attached to an aromatic ring is 1. The van der Waals surface area contributed by atoms with Gasteiger partial charge >= 0.3 is 0 Å². The highest BCUT2D eigenvalue weighted by Gasteiger charge is 2.11. The number of aromatic nitrogens is 1. The van der Waals surface area contributed by atoms with Crippen molar-refractivity contribution in [3.63, 3.8) is 0 Å². The fourth-order valence-corrected chi connectivity index (χ4v) is 1.49. The Bertz CT molecular complexity index is 597. The van der Waals surface area contributed by atoms with Gasteiger partial charge in [-0.1, -0.05) is 6.07 Å². The third-order valence-electron chi connectivity index (χ3n) is 2.58. The zero-order valence-electron chi connectivity index (χ0n) is 9.84. The summed E-state index contributed by atoms with van der Waals surface area (Å²) in [7, 11) is 0. The summed E-state index contributed by atoms with van der Waals surface area (Å²) in [5.41, 5.74) is 8.06. The second-order valence-corrected chi connectivity index (χ2v) is 3.92. The largest absolute Gasteiger partial charge is 0.505 e. The van der Waals surface area contributed by atoms with Crippen LogP contribution in [0.15, 0.2) is 36.7 Å². The van der Waals surface area contributed by atoms with Crippen LogP contribution >= 0.6 is 0 Å². The van der Waals surface area contributed by atoms with Crippen molar-refractivity contribution < 1.29 is 9.90 Å². The normalized spacial score (nSPS) is 10.1. The molecule has 5 nitrogen and oxygen atoms in total. The first-order chi connectivity index (χ1) is 8.58. The van der Waals surface area contributed by atoms with Crippen LogP contribution in [0.3, 0.4) is 0 Å². The lowest BCUT2D eigenvalue weighted by Gasteiger charge is -2.08. The third kappa shape index (κ3) is 2.40. The van der Waals surface area contributed by atoms with Crippen LogP contribution in [0.4, 0.5) is 11.4 Å². The number of carbonyl (C=O) groups excluding carboxylic acids is 1. The van der Waals surface area contributed by atoms with E-state index in [0.717, 1.165) is 5.56 Å². The number of hydrogen-bond donors (Lipinski definition) is 3. The Hall–Kier alpha value is -2.56. The zero-order valence-corrected chi connectivity index (χ0v) is 9.84. The molecule has 2 rings (SSSR count). The fourth-order valence-electron chi connectivity index (χ4n) is 1.49. The molecule has 2 aromatic rings. The average molecular weight is 243 g/mol. The molecule has 5 heteroatoms. The van der Waals surface area contributed by atoms with Crippen molar-refractivity contribution in [2.45, 2.75) is 6.92 Å². The Balaban J connectivity index is 2.22. The molecule has 0 bridgehead atoms. The summed E-state index contributed by atoms with van der Waals surface area (Å²) in [6.07, 6.45) is 2.66. The number of aromatic hydroxyl groups is 1. The lowest BCUT2D eigenvalue weighted by Crippen LogP contribution is -2.12. The van der Waals surface area contributed by atoms with Gasteiger partial charge in [-0.25, -0.2) is 0 Å². The molecule has 1 aromatic carbocycles. The van der Waals surface area contributed by atoms with Gasteiger partial charge in [-0.05, 0) is 30.7 Å². The van der Waals surface area contributed by atoms with Crippen LogP contribution in [0.25, 0.3) is 0 Å². The molecule has 0 fully saturated rings. The lowest BCUT2D eigenvalue weighted by molar-refractivity contribution is 0.102. The molecule has 92 valence electrons. The van der Waals surface area contributed by atoms with Gasteiger partial charge in [0.05, 0.1) is 11.8 Å². The molecule has 0 aliphatic heterocycles. The monoisotopic (exact) mass is 243 g/mol. The van der Waals surface area contributed by atoms with E-state index in [-0.39, 0.29) is 11.3 Å². The van der Waals surface area contributed by atoms with Crippen molar-refractivity contribution in [2.75, 3.05) is 11.1 Å². The van der Waals surface area contributed by atoms with Gasteiger partial charge in [-0.15, -0.1) is 0 Å². The predicted octanol–water partition coefficient (Wildman–Crippen LogP) is 1.93. The van der Waals surface area contributed by atoms with Crippen molar-refractivity contribution >= 4 is 17.3 Å². The molecule has 1 heterocycles. The first-order valence-corrected chi connectivity index (χ1v) is 5.38. The number of aryl methyl sites for hydroxylation is 1. The van der Waals surface area contributed by atoms with E-state index in [9.17, 15) is 9.90 Å². The summed E-state index contributed by atoms with van der Waals surface area (Å²) >= 11 is 0. The van der Waals surface area contributed by atoms with E-state index in [2.05, 4.69) is 10.3 Å². The van der Waals surface area contributed by atoms with Crippen LogP contribution in [0.5, 0.6) is 5.75 Å². The van der Waals surface area contributed by atoms with E-state index in [1.807, 2.05) is 13.0 Å². The number of anilines is 2. The minimum absolute atomic E-state index is 0.157. The smallest absolute Gasteiger partial charge is 0.259 e. The molecule has 0 saturated heterocycles. The number of nitrogens with one attached hydrogen (secondary N) is 1. The predicted molar refractivity (Wildman–Crippen MR) is 69.4 cm³/mol. The van der Waals surface area contributed by atoms with Gasteiger partial charge in [0, 0.05) is 17.6 Å². The number of benzene rings is 1. The topological polar surface area (TPSA) is 88.2 Å². The molecule has 0 spiro atoms. The molecular weight excluding hydrogens is 230 g/mol. The van der Waals surface area contributed by atoms with E-state index in [1.54, 1.807) is 12.1 Å². The number of carbonyl (C=O) groups is 1. The molecule has 4 N–H and O–H groups in total. The minimum atomic E-state index is -0.404. The summed E-state index contributed by atoms with van der Waals surface area (Å²) in [4.78, 5) is 15.6. The first-order valence-electron chi connectivity index (χ1n) is 5.38. The number of pyridine rings is 1. The van der Waals surface area contributed by atoms with Crippen LogP contribution in [-0.2, 0) is 0 Å². The molecule has 1 aromatic heterocycles. The number of nitrogens with zero attached hydrogens (tertiary/aromatic N) is 1. The number of hydrogen-bond acceptors (Lipinski definition) is 4. The maximum atomic E-state index is 11.9. The first kappa shape index (κ1) is 11.9. The second-order valence-electron chi connectivity index (χ2n) is 3.92. The van der Waals surface area contributed by atoms with Gasteiger partial charge in [0.15, 0.2) is 0 Å². The molecule has 0 saturated carbocycles. The minimum Gasteiger partial charge on any atom is -0.505 e. The molecule has 0 radical (unpaired) electrons. The molecule has 0 atom stereocenters. The van der Waals surface area contributed by atoms with Gasteiger partial charge in [0.2, 0.25) is 0 Å². The third-order valence-corrected chi connectivity index (χ3v) is 2.58. The van der Waals surface area contributed by atoms with E-state index >= 15 is 0 Å². The Morgan fingerprint density at radius 3 is 2.83 bits per heavy atom. The molecular formula is C13H13N3O2. The SMILES string of the molecule is Cc1ccc(NC(=O)c2ccncc2O)cc1N. The second kappa shape index (κ2) is 4.75. The van der Waals surface area contributed by atoms with Crippen LogP contribution < -0.4 is 11.1 Å². The van der Waals surface area contributed by atoms with E-state index in [0.29, 0.717) is 11.4 Å². The van der Waals surface area contributed by atoms with Gasteiger partial charge in [0.25, 0.3) is 5.91 Å². The summed E-state index contributed by atoms with van der Waals surface area (Å²) in [6, 6.07) is 6.69. The van der Waals surface area contributed by atoms with Gasteiger partial charge in [0.1, 0.15) is 5.75 Å². The van der Waals surface area contributed by atoms with Crippen LogP contribution in [-0.4, -0.2) is 16.0 Å². The molecule has 0 aliphatic rings. The summed E-state index contributed by atoms with van der Waals surface area (Å²) in [6.45, 7) is 1.88. The van der Waals surface area contributed by atoms with Crippen molar-refractivity contribution in [1.82, 2.24) is 4.98 Å². The Kier molecular flexibility index (Phi) is 3.14. The standard InChI is InChI=1S/C13H13N3O2/c1-8-2-3-9(6-11(8)14)16-13(18)10-4-5-15-7-12(10)17/h2-7,17H,14H2,1H3,(H,16,18). The maximum absolute atomic E-state index is 11.9. The Labute approximate surface area is 104 Å². The van der Waals surface area contributed by atoms with Crippen LogP contribution in [0.2, 0.25) is 0 Å². The molecule has 1 amide bonds. The van der Waals surface area contributed by atoms with Gasteiger partial charge in [-0.2, -0.15) is 0 Å². The number of amides is 1. The fraction of sp³-hybridized carbons (Fsp3) is 0.0769. The highest BCUT2D eigenvalue weighted by Crippen LogP contribution is 2.19. The highest BCUT2D eigenvalue weighted by molar-refractivity contribution is 6.06. The van der Waals surface area contributed by atoms with Gasteiger partial charge < -0.3 is 16.2 Å². The summed E-state index contributed by atoms with van der Waals surface area (Å²) < 4.78 is 0. The average Bonchev–Trinajstić information content (AvgIpc) is 2.34. The lowest BCUT2D eigenvalue weighted by atomic mass is 10.1. The quantitative estimate of drug-likeness (QED) is 0.703. The number of rotatable bonds is 2. The number of nitrogens with two attached hydrogens (primary N) is 1. The van der Waals surface area contributed by atoms with Crippen LogP contribution in [0, 0.1) is 6.92 Å². The Morgan fingerprint density at radius 1 is 1.39 bits per heavy atom. The van der Waals surface area contributed by atoms with Gasteiger partial charge in [-0.3, -0.25) is 9.78 Å². The summed E-state index contributed by atoms with van der Waals surface area (Å²) in [5.74, 6) is -0.562. The van der Waals surface area contributed by atoms with Crippen molar-refractivity contribution in [3.05, 3.63) is 47.8 Å². The van der Waals surface area contributed by atoms with E-state index < -0.39 is 5.91 Å².